The third-order valence-corrected chi connectivity index (χ3v) is 5.84. The number of benzene rings is 3. The molecular formula is C22H17BrClF2NO. The predicted molar refractivity (Wildman–Crippen MR) is 111 cm³/mol. The smallest absolute Gasteiger partial charge is 0.132 e. The molecule has 0 saturated carbocycles. The van der Waals surface area contributed by atoms with Gasteiger partial charge in [0.15, 0.2) is 0 Å². The molecule has 0 amide bonds. The lowest BCUT2D eigenvalue weighted by Gasteiger charge is -2.44. The average Bonchev–Trinajstić information content (AvgIpc) is 2.61. The van der Waals surface area contributed by atoms with Crippen molar-refractivity contribution in [1.29, 1.82) is 0 Å². The molecule has 0 aromatic heterocycles. The van der Waals surface area contributed by atoms with Crippen molar-refractivity contribution in [2.75, 3.05) is 4.90 Å². The molecule has 3 aromatic carbocycles. The van der Waals surface area contributed by atoms with E-state index in [1.807, 2.05) is 24.0 Å². The lowest BCUT2D eigenvalue weighted by atomic mass is 9.84. The Kier molecular flexibility index (Phi) is 5.06. The molecular weight excluding hydrogens is 448 g/mol. The van der Waals surface area contributed by atoms with Crippen LogP contribution in [0.5, 0.6) is 5.75 Å². The predicted octanol–water partition coefficient (Wildman–Crippen LogP) is 6.63. The SMILES string of the molecule is CC1Cc2cc(O)ccc2[C@H](c2c(F)cc(Br)cc2F)N1c1ccc(Cl)cc1. The maximum atomic E-state index is 15.0. The molecule has 1 unspecified atom stereocenters. The molecule has 0 bridgehead atoms. The summed E-state index contributed by atoms with van der Waals surface area (Å²) in [6, 6.07) is 14.0. The fourth-order valence-electron chi connectivity index (χ4n) is 3.98. The van der Waals surface area contributed by atoms with Gasteiger partial charge in [-0.05, 0) is 73.0 Å². The summed E-state index contributed by atoms with van der Waals surface area (Å²) < 4.78 is 30.3. The Morgan fingerprint density at radius 3 is 2.32 bits per heavy atom. The highest BCUT2D eigenvalue weighted by molar-refractivity contribution is 9.10. The Bertz CT molecular complexity index is 1020. The molecule has 1 N–H and O–H groups in total. The molecule has 28 heavy (non-hydrogen) atoms. The Morgan fingerprint density at radius 1 is 1.04 bits per heavy atom. The number of fused-ring (bicyclic) bond motifs is 1. The number of phenolic OH excluding ortho intramolecular Hbond substituents is 1. The van der Waals surface area contributed by atoms with E-state index in [9.17, 15) is 13.9 Å². The zero-order valence-electron chi connectivity index (χ0n) is 15.0. The van der Waals surface area contributed by atoms with Gasteiger partial charge in [0.05, 0.1) is 11.6 Å². The van der Waals surface area contributed by atoms with Gasteiger partial charge in [-0.1, -0.05) is 33.6 Å². The lowest BCUT2D eigenvalue weighted by molar-refractivity contribution is 0.466. The third kappa shape index (κ3) is 3.38. The first kappa shape index (κ1) is 19.2. The lowest BCUT2D eigenvalue weighted by Crippen LogP contribution is -2.43. The van der Waals surface area contributed by atoms with Crippen molar-refractivity contribution >= 4 is 33.2 Å². The van der Waals surface area contributed by atoms with Crippen molar-refractivity contribution in [3.05, 3.63) is 92.4 Å². The van der Waals surface area contributed by atoms with Crippen LogP contribution >= 0.6 is 27.5 Å². The van der Waals surface area contributed by atoms with Crippen LogP contribution in [-0.2, 0) is 6.42 Å². The molecule has 0 fully saturated rings. The molecule has 6 heteroatoms. The van der Waals surface area contributed by atoms with E-state index in [2.05, 4.69) is 15.9 Å². The average molecular weight is 465 g/mol. The van der Waals surface area contributed by atoms with E-state index in [1.54, 1.807) is 30.3 Å². The molecule has 1 aliphatic heterocycles. The highest BCUT2D eigenvalue weighted by Crippen LogP contribution is 2.44. The Morgan fingerprint density at radius 2 is 1.68 bits per heavy atom. The number of hydrogen-bond donors (Lipinski definition) is 1. The second-order valence-electron chi connectivity index (χ2n) is 7.01. The first-order valence-electron chi connectivity index (χ1n) is 8.85. The molecule has 1 aliphatic rings. The summed E-state index contributed by atoms with van der Waals surface area (Å²) in [5, 5.41) is 10.5. The van der Waals surface area contributed by atoms with Gasteiger partial charge >= 0.3 is 0 Å². The minimum atomic E-state index is -0.673. The maximum Gasteiger partial charge on any atom is 0.132 e. The van der Waals surface area contributed by atoms with Crippen molar-refractivity contribution in [3.63, 3.8) is 0 Å². The van der Waals surface area contributed by atoms with E-state index >= 15 is 0 Å². The van der Waals surface area contributed by atoms with Crippen LogP contribution in [0.1, 0.15) is 29.7 Å². The molecule has 0 radical (unpaired) electrons. The normalized spacial score (nSPS) is 18.8. The van der Waals surface area contributed by atoms with Crippen LogP contribution in [0.15, 0.2) is 59.1 Å². The van der Waals surface area contributed by atoms with Crippen molar-refractivity contribution < 1.29 is 13.9 Å². The van der Waals surface area contributed by atoms with Crippen LogP contribution in [0.4, 0.5) is 14.5 Å². The van der Waals surface area contributed by atoms with Crippen LogP contribution in [0.3, 0.4) is 0 Å². The van der Waals surface area contributed by atoms with Gasteiger partial charge in [-0.2, -0.15) is 0 Å². The number of aromatic hydroxyl groups is 1. The topological polar surface area (TPSA) is 23.5 Å². The van der Waals surface area contributed by atoms with Crippen LogP contribution in [0.25, 0.3) is 0 Å². The van der Waals surface area contributed by atoms with E-state index in [1.165, 1.54) is 12.1 Å². The van der Waals surface area contributed by atoms with Gasteiger partial charge in [-0.3, -0.25) is 0 Å². The molecule has 1 heterocycles. The summed E-state index contributed by atoms with van der Waals surface area (Å²) in [4.78, 5) is 2.01. The largest absolute Gasteiger partial charge is 0.508 e. The Balaban J connectivity index is 1.97. The fraction of sp³-hybridized carbons (Fsp3) is 0.182. The van der Waals surface area contributed by atoms with Crippen LogP contribution in [0.2, 0.25) is 5.02 Å². The highest BCUT2D eigenvalue weighted by atomic mass is 79.9. The van der Waals surface area contributed by atoms with Crippen molar-refractivity contribution in [1.82, 2.24) is 0 Å². The summed E-state index contributed by atoms with van der Waals surface area (Å²) >= 11 is 9.19. The van der Waals surface area contributed by atoms with Crippen molar-refractivity contribution in [2.45, 2.75) is 25.4 Å². The van der Waals surface area contributed by atoms with Crippen molar-refractivity contribution in [3.8, 4) is 5.75 Å². The van der Waals surface area contributed by atoms with E-state index in [0.717, 1.165) is 16.8 Å². The Hall–Kier alpha value is -2.11. The standard InChI is InChI=1S/C22H17BrClF2NO/c1-12-8-13-9-17(28)6-7-18(13)22(21-19(25)10-14(23)11-20(21)26)27(12)16-4-2-15(24)3-5-16/h2-7,9-12,22,28H,8H2,1H3/t12?,22-/m1/s1. The number of halogens is 4. The number of hydrogen-bond acceptors (Lipinski definition) is 2. The van der Waals surface area contributed by atoms with Crippen LogP contribution in [-0.4, -0.2) is 11.1 Å². The third-order valence-electron chi connectivity index (χ3n) is 5.13. The van der Waals surface area contributed by atoms with E-state index in [-0.39, 0.29) is 17.4 Å². The minimum Gasteiger partial charge on any atom is -0.508 e. The van der Waals surface area contributed by atoms with Gasteiger partial charge in [0.25, 0.3) is 0 Å². The van der Waals surface area contributed by atoms with E-state index < -0.39 is 17.7 Å². The minimum absolute atomic E-state index is 0.0170. The first-order valence-corrected chi connectivity index (χ1v) is 10.0. The van der Waals surface area contributed by atoms with Crippen LogP contribution in [0, 0.1) is 11.6 Å². The molecule has 144 valence electrons. The summed E-state index contributed by atoms with van der Waals surface area (Å²) in [5.74, 6) is -1.10. The second kappa shape index (κ2) is 7.37. The number of rotatable bonds is 2. The summed E-state index contributed by atoms with van der Waals surface area (Å²) in [6.45, 7) is 2.00. The van der Waals surface area contributed by atoms with Crippen LogP contribution < -0.4 is 4.90 Å². The number of nitrogens with zero attached hydrogens (tertiary/aromatic N) is 1. The molecule has 4 rings (SSSR count). The maximum absolute atomic E-state index is 15.0. The summed E-state index contributed by atoms with van der Waals surface area (Å²) in [6.07, 6.45) is 0.641. The van der Waals surface area contributed by atoms with Gasteiger partial charge in [-0.25, -0.2) is 8.78 Å². The van der Waals surface area contributed by atoms with Gasteiger partial charge in [0.2, 0.25) is 0 Å². The molecule has 2 atom stereocenters. The fourth-order valence-corrected chi connectivity index (χ4v) is 4.51. The summed E-state index contributed by atoms with van der Waals surface area (Å²) in [7, 11) is 0. The van der Waals surface area contributed by atoms with Gasteiger partial charge in [-0.15, -0.1) is 0 Å². The quantitative estimate of drug-likeness (QED) is 0.460. The zero-order chi connectivity index (χ0) is 20.0. The molecule has 0 spiro atoms. The summed E-state index contributed by atoms with van der Waals surface area (Å²) in [5.41, 5.74) is 2.45. The molecule has 2 nitrogen and oxygen atoms in total. The van der Waals surface area contributed by atoms with Gasteiger partial charge in [0.1, 0.15) is 17.4 Å². The van der Waals surface area contributed by atoms with Gasteiger partial charge < -0.3 is 10.0 Å². The number of phenols is 1. The zero-order valence-corrected chi connectivity index (χ0v) is 17.3. The molecule has 0 aliphatic carbocycles. The van der Waals surface area contributed by atoms with E-state index in [0.29, 0.717) is 15.9 Å². The Labute approximate surface area is 175 Å². The van der Waals surface area contributed by atoms with E-state index in [4.69, 9.17) is 11.6 Å². The highest BCUT2D eigenvalue weighted by Gasteiger charge is 2.37. The molecule has 3 aromatic rings. The first-order chi connectivity index (χ1) is 13.3. The number of anilines is 1. The second-order valence-corrected chi connectivity index (χ2v) is 8.36. The van der Waals surface area contributed by atoms with Gasteiger partial charge in [0, 0.05) is 21.2 Å². The monoisotopic (exact) mass is 463 g/mol. The van der Waals surface area contributed by atoms with Crippen molar-refractivity contribution in [2.24, 2.45) is 0 Å². The molecule has 0 saturated heterocycles.